The molecule has 1 aliphatic carbocycles. The van der Waals surface area contributed by atoms with Crippen LogP contribution in [0.2, 0.25) is 5.02 Å². The average Bonchev–Trinajstić information content (AvgIpc) is 2.44. The summed E-state index contributed by atoms with van der Waals surface area (Å²) in [5, 5.41) is 0.496. The van der Waals surface area contributed by atoms with E-state index >= 15 is 0 Å². The van der Waals surface area contributed by atoms with Crippen LogP contribution >= 0.6 is 11.6 Å². The van der Waals surface area contributed by atoms with Gasteiger partial charge >= 0.3 is 5.97 Å². The standard InChI is InChI=1S/C16H21ClO3/c1-10-4-6-13(7-5-10)20-15-9-12(17)8-14(11(15)2)16(18)19-3/h8-10,13H,4-7H2,1-3H3/t10-,13-. The van der Waals surface area contributed by atoms with E-state index in [1.807, 2.05) is 6.92 Å². The van der Waals surface area contributed by atoms with E-state index in [2.05, 4.69) is 6.92 Å². The summed E-state index contributed by atoms with van der Waals surface area (Å²) in [5.74, 6) is 1.09. The van der Waals surface area contributed by atoms with Crippen molar-refractivity contribution in [2.75, 3.05) is 7.11 Å². The Labute approximate surface area is 125 Å². The fourth-order valence-electron chi connectivity index (χ4n) is 2.63. The Morgan fingerprint density at radius 3 is 2.50 bits per heavy atom. The molecule has 0 N–H and O–H groups in total. The van der Waals surface area contributed by atoms with Crippen molar-refractivity contribution in [2.24, 2.45) is 5.92 Å². The number of halogens is 1. The van der Waals surface area contributed by atoms with Gasteiger partial charge in [0, 0.05) is 10.6 Å². The lowest BCUT2D eigenvalue weighted by atomic mass is 9.89. The summed E-state index contributed by atoms with van der Waals surface area (Å²) in [6.45, 7) is 4.14. The highest BCUT2D eigenvalue weighted by Gasteiger charge is 2.22. The minimum Gasteiger partial charge on any atom is -0.490 e. The molecule has 0 saturated heterocycles. The molecular formula is C16H21ClO3. The SMILES string of the molecule is COC(=O)c1cc(Cl)cc(O[C@H]2CC[C@H](C)CC2)c1C. The van der Waals surface area contributed by atoms with Gasteiger partial charge in [0.2, 0.25) is 0 Å². The summed E-state index contributed by atoms with van der Waals surface area (Å²) in [5.41, 5.74) is 1.26. The Morgan fingerprint density at radius 1 is 1.25 bits per heavy atom. The van der Waals surface area contributed by atoms with Crippen LogP contribution in [0.5, 0.6) is 5.75 Å². The third kappa shape index (κ3) is 3.45. The second kappa shape index (κ2) is 6.49. The van der Waals surface area contributed by atoms with Crippen molar-refractivity contribution in [3.05, 3.63) is 28.3 Å². The fourth-order valence-corrected chi connectivity index (χ4v) is 2.83. The fraction of sp³-hybridized carbons (Fsp3) is 0.562. The quantitative estimate of drug-likeness (QED) is 0.776. The van der Waals surface area contributed by atoms with Crippen LogP contribution < -0.4 is 4.74 Å². The first-order valence-corrected chi connectivity index (χ1v) is 7.44. The lowest BCUT2D eigenvalue weighted by Gasteiger charge is -2.27. The number of rotatable bonds is 3. The Balaban J connectivity index is 2.19. The molecule has 2 rings (SSSR count). The van der Waals surface area contributed by atoms with Gasteiger partial charge in [-0.1, -0.05) is 18.5 Å². The maximum atomic E-state index is 11.7. The zero-order chi connectivity index (χ0) is 14.7. The smallest absolute Gasteiger partial charge is 0.338 e. The highest BCUT2D eigenvalue weighted by Crippen LogP contribution is 2.32. The first kappa shape index (κ1) is 15.2. The number of ether oxygens (including phenoxy) is 2. The van der Waals surface area contributed by atoms with E-state index in [9.17, 15) is 4.79 Å². The Hall–Kier alpha value is -1.22. The van der Waals surface area contributed by atoms with Gasteiger partial charge in [-0.3, -0.25) is 0 Å². The minimum atomic E-state index is -0.382. The largest absolute Gasteiger partial charge is 0.490 e. The predicted octanol–water partition coefficient (Wildman–Crippen LogP) is 4.39. The molecule has 1 aromatic rings. The molecule has 110 valence electrons. The number of esters is 1. The van der Waals surface area contributed by atoms with Crippen LogP contribution in [0, 0.1) is 12.8 Å². The molecule has 0 bridgehead atoms. The second-order valence-corrected chi connectivity index (χ2v) is 6.00. The maximum Gasteiger partial charge on any atom is 0.338 e. The van der Waals surface area contributed by atoms with Gasteiger partial charge in [-0.15, -0.1) is 0 Å². The number of hydrogen-bond donors (Lipinski definition) is 0. The van der Waals surface area contributed by atoms with Crippen molar-refractivity contribution in [1.29, 1.82) is 0 Å². The van der Waals surface area contributed by atoms with Crippen molar-refractivity contribution in [2.45, 2.75) is 45.6 Å². The minimum absolute atomic E-state index is 0.217. The normalized spacial score (nSPS) is 22.4. The molecule has 3 nitrogen and oxygen atoms in total. The van der Waals surface area contributed by atoms with Crippen LogP contribution in [0.15, 0.2) is 12.1 Å². The first-order chi connectivity index (χ1) is 9.51. The molecule has 0 heterocycles. The molecule has 0 spiro atoms. The molecule has 0 unspecified atom stereocenters. The van der Waals surface area contributed by atoms with E-state index in [1.165, 1.54) is 20.0 Å². The molecule has 1 aromatic carbocycles. The van der Waals surface area contributed by atoms with Gasteiger partial charge in [0.1, 0.15) is 5.75 Å². The zero-order valence-electron chi connectivity index (χ0n) is 12.2. The highest BCUT2D eigenvalue weighted by molar-refractivity contribution is 6.31. The van der Waals surface area contributed by atoms with E-state index in [4.69, 9.17) is 21.1 Å². The van der Waals surface area contributed by atoms with Crippen molar-refractivity contribution >= 4 is 17.6 Å². The number of carbonyl (C=O) groups is 1. The maximum absolute atomic E-state index is 11.7. The topological polar surface area (TPSA) is 35.5 Å². The van der Waals surface area contributed by atoms with E-state index in [0.717, 1.165) is 24.3 Å². The van der Waals surface area contributed by atoms with Gasteiger partial charge in [0.15, 0.2) is 0 Å². The van der Waals surface area contributed by atoms with Crippen molar-refractivity contribution in [3.63, 3.8) is 0 Å². The van der Waals surface area contributed by atoms with Crippen molar-refractivity contribution < 1.29 is 14.3 Å². The third-order valence-corrected chi connectivity index (χ3v) is 4.20. The van der Waals surface area contributed by atoms with Crippen molar-refractivity contribution in [1.82, 2.24) is 0 Å². The molecule has 4 heteroatoms. The molecule has 0 aliphatic heterocycles. The first-order valence-electron chi connectivity index (χ1n) is 7.06. The summed E-state index contributed by atoms with van der Waals surface area (Å²) in [7, 11) is 1.37. The van der Waals surface area contributed by atoms with Gasteiger partial charge < -0.3 is 9.47 Å². The Kier molecular flexibility index (Phi) is 4.92. The average molecular weight is 297 g/mol. The summed E-state index contributed by atoms with van der Waals surface area (Å²) in [6, 6.07) is 3.40. The number of hydrogen-bond acceptors (Lipinski definition) is 3. The van der Waals surface area contributed by atoms with Crippen LogP contribution in [-0.2, 0) is 4.74 Å². The molecule has 20 heavy (non-hydrogen) atoms. The molecule has 0 amide bonds. The Morgan fingerprint density at radius 2 is 1.90 bits per heavy atom. The van der Waals surface area contributed by atoms with Crippen LogP contribution in [0.25, 0.3) is 0 Å². The number of methoxy groups -OCH3 is 1. The van der Waals surface area contributed by atoms with Gasteiger partial charge in [-0.2, -0.15) is 0 Å². The van der Waals surface area contributed by atoms with Gasteiger partial charge in [0.25, 0.3) is 0 Å². The van der Waals surface area contributed by atoms with E-state index in [-0.39, 0.29) is 12.1 Å². The predicted molar refractivity (Wildman–Crippen MR) is 79.6 cm³/mol. The van der Waals surface area contributed by atoms with Crippen LogP contribution in [0.1, 0.15) is 48.5 Å². The molecule has 0 radical (unpaired) electrons. The molecule has 0 atom stereocenters. The van der Waals surface area contributed by atoms with Crippen LogP contribution in [-0.4, -0.2) is 19.2 Å². The lowest BCUT2D eigenvalue weighted by molar-refractivity contribution is 0.0598. The second-order valence-electron chi connectivity index (χ2n) is 5.57. The molecule has 1 fully saturated rings. The lowest BCUT2D eigenvalue weighted by Crippen LogP contribution is -2.23. The summed E-state index contributed by atoms with van der Waals surface area (Å²) >= 11 is 6.08. The molecule has 1 saturated carbocycles. The number of carbonyl (C=O) groups excluding carboxylic acids is 1. The highest BCUT2D eigenvalue weighted by atomic mass is 35.5. The molecular weight excluding hydrogens is 276 g/mol. The summed E-state index contributed by atoms with van der Waals surface area (Å²) in [6.07, 6.45) is 4.71. The van der Waals surface area contributed by atoms with Gasteiger partial charge in [-0.05, 0) is 50.7 Å². The Bertz CT molecular complexity index is 491. The zero-order valence-corrected chi connectivity index (χ0v) is 13.0. The van der Waals surface area contributed by atoms with E-state index < -0.39 is 0 Å². The van der Waals surface area contributed by atoms with Gasteiger partial charge in [-0.25, -0.2) is 4.79 Å². The van der Waals surface area contributed by atoms with Crippen molar-refractivity contribution in [3.8, 4) is 5.75 Å². The molecule has 0 aromatic heterocycles. The van der Waals surface area contributed by atoms with Gasteiger partial charge in [0.05, 0.1) is 18.8 Å². The summed E-state index contributed by atoms with van der Waals surface area (Å²) < 4.78 is 10.8. The molecule has 1 aliphatic rings. The monoisotopic (exact) mass is 296 g/mol. The third-order valence-electron chi connectivity index (χ3n) is 3.99. The number of benzene rings is 1. The van der Waals surface area contributed by atoms with E-state index in [1.54, 1.807) is 12.1 Å². The van der Waals surface area contributed by atoms with E-state index in [0.29, 0.717) is 16.3 Å². The van der Waals surface area contributed by atoms with Crippen LogP contribution in [0.4, 0.5) is 0 Å². The van der Waals surface area contributed by atoms with Crippen LogP contribution in [0.3, 0.4) is 0 Å². The summed E-state index contributed by atoms with van der Waals surface area (Å²) in [4.78, 5) is 11.7.